The number of aryl methyl sites for hydroxylation is 1. The number of nitrogens with zero attached hydrogens (tertiary/aromatic N) is 3. The molecule has 0 amide bonds. The minimum atomic E-state index is -0.579. The summed E-state index contributed by atoms with van der Waals surface area (Å²) in [6, 6.07) is 78.9. The van der Waals surface area contributed by atoms with Gasteiger partial charge in [-0.25, -0.2) is 0 Å². The van der Waals surface area contributed by atoms with E-state index < -0.39 is 5.41 Å². The zero-order chi connectivity index (χ0) is 58.6. The van der Waals surface area contributed by atoms with Gasteiger partial charge in [0.05, 0.1) is 11.1 Å². The van der Waals surface area contributed by atoms with Crippen LogP contribution < -0.4 is 25.5 Å². The maximum Gasteiger partial charge on any atom is 0.333 e. The summed E-state index contributed by atoms with van der Waals surface area (Å²) >= 11 is 0. The molecule has 10 aromatic rings. The van der Waals surface area contributed by atoms with E-state index in [-0.39, 0.29) is 33.9 Å². The van der Waals surface area contributed by atoms with Crippen LogP contribution in [0.3, 0.4) is 0 Å². The van der Waals surface area contributed by atoms with Crippen LogP contribution in [-0.4, -0.2) is 6.85 Å². The van der Waals surface area contributed by atoms with Crippen LogP contribution in [0.25, 0.3) is 33.4 Å². The van der Waals surface area contributed by atoms with Gasteiger partial charge in [0.25, 0.3) is 0 Å². The normalized spacial score (nSPS) is 17.0. The highest BCUT2D eigenvalue weighted by molar-refractivity contribution is 6.93. The van der Waals surface area contributed by atoms with Crippen LogP contribution in [0.4, 0.5) is 45.5 Å². The Balaban J connectivity index is 1.07. The molecule has 0 fully saturated rings. The lowest BCUT2D eigenvalue weighted by molar-refractivity contribution is 0.332. The van der Waals surface area contributed by atoms with Gasteiger partial charge in [0, 0.05) is 50.8 Å². The summed E-state index contributed by atoms with van der Waals surface area (Å²) in [5.41, 5.74) is 34.5. The van der Waals surface area contributed by atoms with Crippen molar-refractivity contribution in [2.75, 3.05) is 14.6 Å². The topological polar surface area (TPSA) is 9.72 Å². The van der Waals surface area contributed by atoms with Crippen LogP contribution >= 0.6 is 0 Å². The Hall–Kier alpha value is -8.34. The molecule has 0 saturated heterocycles. The molecule has 0 aromatic heterocycles. The van der Waals surface area contributed by atoms with Crippen LogP contribution in [0.2, 0.25) is 0 Å². The highest BCUT2D eigenvalue weighted by Crippen LogP contribution is 2.66. The Kier molecular flexibility index (Phi) is 10.7. The Bertz CT molecular complexity index is 4400. The molecule has 6 aliphatic rings. The molecule has 0 saturated carbocycles. The summed E-state index contributed by atoms with van der Waals surface area (Å²) in [7, 11) is 0. The molecule has 0 radical (unpaired) electrons. The third kappa shape index (κ3) is 7.03. The average Bonchev–Trinajstić information content (AvgIpc) is 1.68. The Labute approximate surface area is 505 Å². The molecule has 3 nitrogen and oxygen atoms in total. The third-order valence-electron chi connectivity index (χ3n) is 21.3. The van der Waals surface area contributed by atoms with Crippen molar-refractivity contribution in [1.29, 1.82) is 0 Å². The standard InChI is InChI=1S/C81H76BN3/c1-49-45-65-66(79(10,11)44-43-78(65,8)9)48-70(49)85-69-42-41-58-57-25-14-17-26-60(57)80(12,13)73(58)72(69)59-46-54(83(52-37-33-50(34-38-52)76(2,3)4)53-39-35-51(36-40-53)77(5,6)7)47-71-74(59)82(85)67-31-22-30-64-75(67)84(71)68-32-21-20-29-63(68)81(64)61-27-18-15-23-55(61)56-24-16-19-28-62(56)81/h14-42,45-48H,43-44H2,1-13H3. The summed E-state index contributed by atoms with van der Waals surface area (Å²) in [6.07, 6.45) is 2.31. The van der Waals surface area contributed by atoms with Gasteiger partial charge in [-0.3, -0.25) is 0 Å². The molecule has 3 aliphatic heterocycles. The van der Waals surface area contributed by atoms with E-state index in [9.17, 15) is 0 Å². The van der Waals surface area contributed by atoms with Crippen molar-refractivity contribution in [1.82, 2.24) is 0 Å². The fourth-order valence-corrected chi connectivity index (χ4v) is 16.9. The van der Waals surface area contributed by atoms with E-state index in [4.69, 9.17) is 0 Å². The minimum absolute atomic E-state index is 0.000290. The van der Waals surface area contributed by atoms with Crippen molar-refractivity contribution < 1.29 is 0 Å². The van der Waals surface area contributed by atoms with Crippen LogP contribution in [-0.2, 0) is 32.5 Å². The first-order chi connectivity index (χ1) is 40.6. The number of hydrogen-bond donors (Lipinski definition) is 0. The highest BCUT2D eigenvalue weighted by atomic mass is 15.2. The van der Waals surface area contributed by atoms with Gasteiger partial charge >= 0.3 is 6.85 Å². The highest BCUT2D eigenvalue weighted by Gasteiger charge is 2.57. The molecule has 0 atom stereocenters. The molecule has 85 heavy (non-hydrogen) atoms. The van der Waals surface area contributed by atoms with E-state index in [1.165, 1.54) is 140 Å². The maximum atomic E-state index is 2.85. The summed E-state index contributed by atoms with van der Waals surface area (Å²) in [6.45, 7) is 31.0. The molecule has 0 unspecified atom stereocenters. The second-order valence-electron chi connectivity index (χ2n) is 29.6. The predicted molar refractivity (Wildman–Crippen MR) is 361 cm³/mol. The summed E-state index contributed by atoms with van der Waals surface area (Å²) in [4.78, 5) is 8.13. The van der Waals surface area contributed by atoms with Crippen LogP contribution in [0.1, 0.15) is 157 Å². The number of rotatable bonds is 4. The van der Waals surface area contributed by atoms with Crippen molar-refractivity contribution in [3.8, 4) is 33.4 Å². The fourth-order valence-electron chi connectivity index (χ4n) is 16.9. The van der Waals surface area contributed by atoms with Crippen molar-refractivity contribution in [3.63, 3.8) is 0 Å². The maximum absolute atomic E-state index is 2.85. The van der Waals surface area contributed by atoms with Crippen LogP contribution in [0.5, 0.6) is 0 Å². The van der Waals surface area contributed by atoms with E-state index in [0.29, 0.717) is 0 Å². The number of hydrogen-bond acceptors (Lipinski definition) is 3. The molecule has 3 aliphatic carbocycles. The number of anilines is 8. The van der Waals surface area contributed by atoms with Crippen molar-refractivity contribution in [2.24, 2.45) is 0 Å². The first kappa shape index (κ1) is 52.2. The van der Waals surface area contributed by atoms with Gasteiger partial charge in [-0.05, 0) is 196 Å². The Morgan fingerprint density at radius 3 is 1.52 bits per heavy atom. The Morgan fingerprint density at radius 1 is 0.412 bits per heavy atom. The van der Waals surface area contributed by atoms with E-state index >= 15 is 0 Å². The van der Waals surface area contributed by atoms with Gasteiger partial charge in [-0.15, -0.1) is 0 Å². The smallest absolute Gasteiger partial charge is 0.333 e. The monoisotopic (exact) mass is 1100 g/mol. The zero-order valence-corrected chi connectivity index (χ0v) is 51.9. The van der Waals surface area contributed by atoms with Gasteiger partial charge in [0.15, 0.2) is 0 Å². The molecule has 418 valence electrons. The largest absolute Gasteiger partial charge is 0.376 e. The zero-order valence-electron chi connectivity index (χ0n) is 51.9. The Morgan fingerprint density at radius 2 is 0.929 bits per heavy atom. The third-order valence-corrected chi connectivity index (χ3v) is 21.3. The molecule has 3 heterocycles. The number of para-hydroxylation sites is 2. The van der Waals surface area contributed by atoms with E-state index in [0.717, 1.165) is 23.5 Å². The number of benzene rings is 10. The van der Waals surface area contributed by atoms with Crippen molar-refractivity contribution in [3.05, 3.63) is 261 Å². The summed E-state index contributed by atoms with van der Waals surface area (Å²) in [5, 5.41) is 0. The van der Waals surface area contributed by atoms with Gasteiger partial charge in [0.1, 0.15) is 0 Å². The molecule has 16 rings (SSSR count). The quantitative estimate of drug-likeness (QED) is 0.163. The number of fused-ring (bicyclic) bond motifs is 18. The first-order valence-electron chi connectivity index (χ1n) is 31.2. The summed E-state index contributed by atoms with van der Waals surface area (Å²) in [5.74, 6) is 0. The molecular formula is C81H76BN3. The molecule has 1 spiro atoms. The molecule has 0 bridgehead atoms. The van der Waals surface area contributed by atoms with E-state index in [1.54, 1.807) is 0 Å². The van der Waals surface area contributed by atoms with Crippen LogP contribution in [0.15, 0.2) is 200 Å². The predicted octanol–water partition coefficient (Wildman–Crippen LogP) is 20.1. The van der Waals surface area contributed by atoms with Gasteiger partial charge in [-0.2, -0.15) is 0 Å². The molecule has 4 heteroatoms. The summed E-state index contributed by atoms with van der Waals surface area (Å²) < 4.78 is 0. The van der Waals surface area contributed by atoms with Gasteiger partial charge in [0.2, 0.25) is 0 Å². The molecular weight excluding hydrogens is 1030 g/mol. The average molecular weight is 1100 g/mol. The van der Waals surface area contributed by atoms with Crippen LogP contribution in [0, 0.1) is 6.92 Å². The van der Waals surface area contributed by atoms with Crippen molar-refractivity contribution >= 4 is 63.3 Å². The second-order valence-corrected chi connectivity index (χ2v) is 29.6. The van der Waals surface area contributed by atoms with Gasteiger partial charge in [-0.1, -0.05) is 229 Å². The SMILES string of the molecule is Cc1cc2c(cc1N1B3c4cccc5c4N(c4ccccc4C54c5ccccc5-c5ccccc54)c4cc(N(c5ccc(C(C)(C)C)cc5)c5ccc(C(C)(C)C)cc5)cc(c43)-c3c1ccc1c3C(C)(C)c3ccccc3-1)C(C)(C)CCC2(C)C. The second kappa shape index (κ2) is 17.4. The van der Waals surface area contributed by atoms with Gasteiger partial charge < -0.3 is 14.6 Å². The molecule has 10 aromatic carbocycles. The lowest BCUT2D eigenvalue weighted by Gasteiger charge is -2.52. The van der Waals surface area contributed by atoms with E-state index in [2.05, 4.69) is 305 Å². The molecule has 0 N–H and O–H groups in total. The van der Waals surface area contributed by atoms with Crippen molar-refractivity contribution in [2.45, 2.75) is 135 Å². The minimum Gasteiger partial charge on any atom is -0.376 e. The van der Waals surface area contributed by atoms with E-state index in [1.807, 2.05) is 0 Å². The fraction of sp³-hybridized carbons (Fsp3) is 0.259. The first-order valence-corrected chi connectivity index (χ1v) is 31.2. The lowest BCUT2D eigenvalue weighted by Crippen LogP contribution is -2.63. The lowest BCUT2D eigenvalue weighted by atomic mass is 9.42.